The van der Waals surface area contributed by atoms with Gasteiger partial charge in [0.2, 0.25) is 5.82 Å². The van der Waals surface area contributed by atoms with E-state index in [4.69, 9.17) is 4.74 Å². The summed E-state index contributed by atoms with van der Waals surface area (Å²) in [7, 11) is 1.74. The number of aromatic nitrogens is 4. The molecule has 0 saturated heterocycles. The van der Waals surface area contributed by atoms with E-state index in [1.54, 1.807) is 7.05 Å². The summed E-state index contributed by atoms with van der Waals surface area (Å²) in [6.07, 6.45) is 0. The molecule has 0 fully saturated rings. The van der Waals surface area contributed by atoms with Crippen molar-refractivity contribution in [3.8, 4) is 5.75 Å². The van der Waals surface area contributed by atoms with E-state index < -0.39 is 0 Å². The lowest BCUT2D eigenvalue weighted by atomic mass is 10.1. The summed E-state index contributed by atoms with van der Waals surface area (Å²) in [5.41, 5.74) is 3.52. The molecule has 1 aromatic heterocycles. The molecule has 1 aromatic carbocycles. The number of hydrogen-bond acceptors (Lipinski definition) is 5. The monoisotopic (exact) mass is 289 g/mol. The summed E-state index contributed by atoms with van der Waals surface area (Å²) in [5.74, 6) is 1.48. The summed E-state index contributed by atoms with van der Waals surface area (Å²) in [6.45, 7) is 9.61. The molecule has 21 heavy (non-hydrogen) atoms. The molecular formula is C15H23N5O. The molecular weight excluding hydrogens is 266 g/mol. The molecule has 1 heterocycles. The number of nitrogens with one attached hydrogen (secondary N) is 1. The Morgan fingerprint density at radius 3 is 2.43 bits per heavy atom. The number of tetrazole rings is 1. The van der Waals surface area contributed by atoms with Crippen LogP contribution in [-0.4, -0.2) is 26.2 Å². The van der Waals surface area contributed by atoms with E-state index in [2.05, 4.69) is 60.6 Å². The molecule has 1 N–H and O–H groups in total. The second-order valence-corrected chi connectivity index (χ2v) is 5.58. The first kappa shape index (κ1) is 15.4. The fourth-order valence-corrected chi connectivity index (χ4v) is 2.21. The van der Waals surface area contributed by atoms with E-state index in [1.807, 2.05) is 0 Å². The fourth-order valence-electron chi connectivity index (χ4n) is 2.21. The molecule has 0 aliphatic carbocycles. The third-order valence-electron chi connectivity index (χ3n) is 3.13. The Balaban J connectivity index is 2.06. The molecule has 2 aromatic rings. The lowest BCUT2D eigenvalue weighted by Crippen LogP contribution is -2.21. The van der Waals surface area contributed by atoms with E-state index in [9.17, 15) is 0 Å². The van der Waals surface area contributed by atoms with Crippen LogP contribution in [-0.2, 0) is 20.2 Å². The van der Waals surface area contributed by atoms with Crippen molar-refractivity contribution in [2.24, 2.45) is 7.05 Å². The molecule has 0 spiro atoms. The maximum absolute atomic E-state index is 5.85. The first-order valence-corrected chi connectivity index (χ1v) is 7.15. The third kappa shape index (κ3) is 4.26. The highest BCUT2D eigenvalue weighted by Crippen LogP contribution is 2.25. The second-order valence-electron chi connectivity index (χ2n) is 5.58. The van der Waals surface area contributed by atoms with Crippen molar-refractivity contribution < 1.29 is 4.74 Å². The van der Waals surface area contributed by atoms with Gasteiger partial charge < -0.3 is 10.1 Å². The molecule has 114 valence electrons. The van der Waals surface area contributed by atoms with Crippen LogP contribution in [0.3, 0.4) is 0 Å². The van der Waals surface area contributed by atoms with Gasteiger partial charge in [-0.05, 0) is 35.8 Å². The normalized spacial score (nSPS) is 11.1. The molecule has 0 atom stereocenters. The zero-order valence-corrected chi connectivity index (χ0v) is 13.3. The number of benzene rings is 1. The van der Waals surface area contributed by atoms with Crippen LogP contribution in [0.2, 0.25) is 0 Å². The Morgan fingerprint density at radius 1 is 1.24 bits per heavy atom. The van der Waals surface area contributed by atoms with Gasteiger partial charge in [-0.15, -0.1) is 10.2 Å². The smallest absolute Gasteiger partial charge is 0.212 e. The zero-order valence-electron chi connectivity index (χ0n) is 13.3. The van der Waals surface area contributed by atoms with Crippen molar-refractivity contribution >= 4 is 0 Å². The summed E-state index contributed by atoms with van der Waals surface area (Å²) in [4.78, 5) is 1.43. The van der Waals surface area contributed by atoms with Crippen LogP contribution in [0.25, 0.3) is 0 Å². The Labute approximate surface area is 125 Å². The van der Waals surface area contributed by atoms with Crippen LogP contribution in [0.1, 0.15) is 36.4 Å². The summed E-state index contributed by atoms with van der Waals surface area (Å²) < 4.78 is 5.85. The molecule has 6 nitrogen and oxygen atoms in total. The molecule has 0 radical (unpaired) electrons. The van der Waals surface area contributed by atoms with Gasteiger partial charge in [0.15, 0.2) is 6.61 Å². The quantitative estimate of drug-likeness (QED) is 0.880. The van der Waals surface area contributed by atoms with Crippen LogP contribution in [0, 0.1) is 13.8 Å². The number of rotatable bonds is 6. The van der Waals surface area contributed by atoms with Crippen LogP contribution < -0.4 is 10.1 Å². The lowest BCUT2D eigenvalue weighted by Gasteiger charge is -2.14. The van der Waals surface area contributed by atoms with Gasteiger partial charge in [0.05, 0.1) is 7.05 Å². The maximum atomic E-state index is 5.85. The average Bonchev–Trinajstić information content (AvgIpc) is 2.81. The SMILES string of the molecule is Cc1cc(CNC(C)C)cc(C)c1OCc1nnn(C)n1. The highest BCUT2D eigenvalue weighted by molar-refractivity contribution is 5.43. The zero-order chi connectivity index (χ0) is 15.4. The van der Waals surface area contributed by atoms with Crippen molar-refractivity contribution in [1.29, 1.82) is 0 Å². The van der Waals surface area contributed by atoms with Gasteiger partial charge in [-0.1, -0.05) is 26.0 Å². The van der Waals surface area contributed by atoms with Gasteiger partial charge in [0.1, 0.15) is 5.75 Å². The Hall–Kier alpha value is -1.95. The highest BCUT2D eigenvalue weighted by Gasteiger charge is 2.09. The van der Waals surface area contributed by atoms with Gasteiger partial charge in [-0.25, -0.2) is 0 Å². The lowest BCUT2D eigenvalue weighted by molar-refractivity contribution is 0.291. The van der Waals surface area contributed by atoms with Crippen LogP contribution >= 0.6 is 0 Å². The Bertz CT molecular complexity index is 583. The topological polar surface area (TPSA) is 64.9 Å². The number of hydrogen-bond donors (Lipinski definition) is 1. The van der Waals surface area contributed by atoms with Crippen LogP contribution in [0.15, 0.2) is 12.1 Å². The summed E-state index contributed by atoms with van der Waals surface area (Å²) >= 11 is 0. The van der Waals surface area contributed by atoms with Crippen LogP contribution in [0.4, 0.5) is 0 Å². The predicted octanol–water partition coefficient (Wildman–Crippen LogP) is 1.90. The minimum absolute atomic E-state index is 0.332. The molecule has 0 amide bonds. The minimum atomic E-state index is 0.332. The van der Waals surface area contributed by atoms with Gasteiger partial charge in [-0.3, -0.25) is 0 Å². The molecule has 0 bridgehead atoms. The standard InChI is InChI=1S/C15H23N5O/c1-10(2)16-8-13-6-11(3)15(12(4)7-13)21-9-14-17-19-20(5)18-14/h6-7,10,16H,8-9H2,1-5H3. The first-order valence-electron chi connectivity index (χ1n) is 7.15. The molecule has 0 unspecified atom stereocenters. The van der Waals surface area contributed by atoms with Gasteiger partial charge in [-0.2, -0.15) is 4.80 Å². The van der Waals surface area contributed by atoms with E-state index >= 15 is 0 Å². The fraction of sp³-hybridized carbons (Fsp3) is 0.533. The Morgan fingerprint density at radius 2 is 1.90 bits per heavy atom. The Kier molecular flexibility index (Phi) is 4.90. The van der Waals surface area contributed by atoms with Crippen molar-refractivity contribution in [3.05, 3.63) is 34.6 Å². The minimum Gasteiger partial charge on any atom is -0.485 e. The number of nitrogens with zero attached hydrogens (tertiary/aromatic N) is 4. The predicted molar refractivity (Wildman–Crippen MR) is 81.0 cm³/mol. The first-order chi connectivity index (χ1) is 9.95. The second kappa shape index (κ2) is 6.67. The largest absolute Gasteiger partial charge is 0.485 e. The molecule has 2 rings (SSSR count). The average molecular weight is 289 g/mol. The molecule has 6 heteroatoms. The van der Waals surface area contributed by atoms with Crippen LogP contribution in [0.5, 0.6) is 5.75 Å². The third-order valence-corrected chi connectivity index (χ3v) is 3.13. The van der Waals surface area contributed by atoms with E-state index in [-0.39, 0.29) is 0 Å². The van der Waals surface area contributed by atoms with Gasteiger partial charge in [0.25, 0.3) is 0 Å². The number of aryl methyl sites for hydroxylation is 3. The molecule has 0 aliphatic heterocycles. The molecule has 0 saturated carbocycles. The maximum Gasteiger partial charge on any atom is 0.212 e. The molecule has 0 aliphatic rings. The van der Waals surface area contributed by atoms with Crippen molar-refractivity contribution in [1.82, 2.24) is 25.5 Å². The van der Waals surface area contributed by atoms with Crippen molar-refractivity contribution in [2.75, 3.05) is 0 Å². The van der Waals surface area contributed by atoms with Crippen molar-refractivity contribution in [3.63, 3.8) is 0 Å². The van der Waals surface area contributed by atoms with E-state index in [0.29, 0.717) is 18.5 Å². The van der Waals surface area contributed by atoms with E-state index in [0.717, 1.165) is 23.4 Å². The summed E-state index contributed by atoms with van der Waals surface area (Å²) in [6, 6.07) is 4.79. The highest BCUT2D eigenvalue weighted by atomic mass is 16.5. The number of ether oxygens (including phenoxy) is 1. The van der Waals surface area contributed by atoms with E-state index in [1.165, 1.54) is 10.4 Å². The summed E-state index contributed by atoms with van der Waals surface area (Å²) in [5, 5.41) is 15.3. The van der Waals surface area contributed by atoms with Gasteiger partial charge >= 0.3 is 0 Å². The van der Waals surface area contributed by atoms with Crippen molar-refractivity contribution in [2.45, 2.75) is 46.9 Å². The van der Waals surface area contributed by atoms with Gasteiger partial charge in [0, 0.05) is 12.6 Å².